The summed E-state index contributed by atoms with van der Waals surface area (Å²) in [7, 11) is 5.36. The Labute approximate surface area is 218 Å². The Balaban J connectivity index is 1.52. The molecule has 204 valence electrons. The number of fused-ring (bicyclic) bond motifs is 1. The number of hydrogen-bond acceptors (Lipinski definition) is 10. The molecule has 0 aromatic rings. The highest BCUT2D eigenvalue weighted by Crippen LogP contribution is 2.50. The topological polar surface area (TPSA) is 110 Å². The van der Waals surface area contributed by atoms with E-state index >= 15 is 0 Å². The molecule has 2 aliphatic heterocycles. The Morgan fingerprint density at radius 1 is 0.944 bits per heavy atom. The highest BCUT2D eigenvalue weighted by molar-refractivity contribution is 8.00. The van der Waals surface area contributed by atoms with Gasteiger partial charge in [-0.3, -0.25) is 10.1 Å². The number of hydrogen-bond donors (Lipinski definition) is 3. The summed E-state index contributed by atoms with van der Waals surface area (Å²) in [4.78, 5) is 14.5. The van der Waals surface area contributed by atoms with Gasteiger partial charge in [-0.15, -0.1) is 0 Å². The van der Waals surface area contributed by atoms with Crippen molar-refractivity contribution in [3.05, 3.63) is 21.5 Å². The number of rotatable bonds is 8. The lowest BCUT2D eigenvalue weighted by molar-refractivity contribution is -0.529. The minimum atomic E-state index is -0.540. The molecule has 7 unspecified atom stereocenters. The van der Waals surface area contributed by atoms with Crippen molar-refractivity contribution in [1.29, 1.82) is 0 Å². The highest BCUT2D eigenvalue weighted by atomic mass is 32.2. The van der Waals surface area contributed by atoms with Crippen molar-refractivity contribution in [3.63, 3.8) is 0 Å². The quantitative estimate of drug-likeness (QED) is 0.323. The molecule has 10 nitrogen and oxygen atoms in total. The average Bonchev–Trinajstić information content (AvgIpc) is 3.50. The zero-order valence-corrected chi connectivity index (χ0v) is 22.6. The second kappa shape index (κ2) is 11.7. The standard InChI is InChI=1S/C25H43N5O5S/c1-33-16-10-8-15(9-11-16)22-18-14-17(34-2)12-13-20(18)29(24-27-28-25(35-3)36-24)23(22)26-19-6-4-5-7-21(19)30(31)32/h15-21,24-28H,4-14H2,1-3H3. The van der Waals surface area contributed by atoms with E-state index in [0.29, 0.717) is 30.4 Å². The molecule has 7 atom stereocenters. The number of ether oxygens (including phenoxy) is 3. The predicted octanol–water partition coefficient (Wildman–Crippen LogP) is 3.13. The number of hydrazine groups is 1. The molecule has 0 spiro atoms. The largest absolute Gasteiger partial charge is 0.381 e. The van der Waals surface area contributed by atoms with Crippen molar-refractivity contribution >= 4 is 11.8 Å². The summed E-state index contributed by atoms with van der Waals surface area (Å²) < 4.78 is 17.1. The van der Waals surface area contributed by atoms with Gasteiger partial charge in [-0.05, 0) is 69.3 Å². The number of nitro groups is 1. The van der Waals surface area contributed by atoms with Gasteiger partial charge in [-0.25, -0.2) is 10.9 Å². The molecular weight excluding hydrogens is 482 g/mol. The van der Waals surface area contributed by atoms with Crippen molar-refractivity contribution in [3.8, 4) is 0 Å². The van der Waals surface area contributed by atoms with Crippen molar-refractivity contribution < 1.29 is 19.1 Å². The number of nitrogens with one attached hydrogen (secondary N) is 3. The summed E-state index contributed by atoms with van der Waals surface area (Å²) in [6.07, 6.45) is 11.5. The summed E-state index contributed by atoms with van der Waals surface area (Å²) in [6.45, 7) is 0. The molecule has 0 amide bonds. The van der Waals surface area contributed by atoms with Crippen molar-refractivity contribution in [1.82, 2.24) is 21.1 Å². The highest BCUT2D eigenvalue weighted by Gasteiger charge is 2.51. The third kappa shape index (κ3) is 5.24. The van der Waals surface area contributed by atoms with Crippen LogP contribution in [0.15, 0.2) is 11.4 Å². The van der Waals surface area contributed by atoms with E-state index in [0.717, 1.165) is 70.0 Å². The fourth-order valence-corrected chi connectivity index (χ4v) is 8.33. The molecule has 3 aliphatic carbocycles. The van der Waals surface area contributed by atoms with E-state index in [4.69, 9.17) is 14.2 Å². The molecule has 3 saturated carbocycles. The van der Waals surface area contributed by atoms with Crippen LogP contribution in [0.5, 0.6) is 0 Å². The van der Waals surface area contributed by atoms with Crippen LogP contribution < -0.4 is 16.2 Å². The van der Waals surface area contributed by atoms with E-state index in [-0.39, 0.29) is 28.1 Å². The molecule has 0 radical (unpaired) electrons. The molecule has 3 N–H and O–H groups in total. The fourth-order valence-electron chi connectivity index (χ4n) is 7.32. The smallest absolute Gasteiger partial charge is 0.232 e. The lowest BCUT2D eigenvalue weighted by atomic mass is 9.72. The minimum Gasteiger partial charge on any atom is -0.381 e. The Kier molecular flexibility index (Phi) is 8.64. The zero-order chi connectivity index (χ0) is 25.2. The average molecular weight is 526 g/mol. The van der Waals surface area contributed by atoms with Gasteiger partial charge in [0.25, 0.3) is 0 Å². The van der Waals surface area contributed by atoms with Gasteiger partial charge < -0.3 is 24.4 Å². The lowest BCUT2D eigenvalue weighted by Crippen LogP contribution is -2.54. The molecule has 2 heterocycles. The zero-order valence-electron chi connectivity index (χ0n) is 21.8. The maximum Gasteiger partial charge on any atom is 0.232 e. The molecule has 0 aromatic carbocycles. The van der Waals surface area contributed by atoms with Gasteiger partial charge in [0, 0.05) is 44.6 Å². The van der Waals surface area contributed by atoms with Crippen LogP contribution in [-0.2, 0) is 14.2 Å². The van der Waals surface area contributed by atoms with Gasteiger partial charge in [0.1, 0.15) is 11.3 Å². The Morgan fingerprint density at radius 3 is 2.33 bits per heavy atom. The van der Waals surface area contributed by atoms with E-state index in [1.807, 2.05) is 14.2 Å². The van der Waals surface area contributed by atoms with Crippen LogP contribution in [0.2, 0.25) is 0 Å². The van der Waals surface area contributed by atoms with Crippen LogP contribution in [0.4, 0.5) is 0 Å². The number of thioether (sulfide) groups is 1. The lowest BCUT2D eigenvalue weighted by Gasteiger charge is -2.41. The SMILES string of the molecule is COC1CCC(C2=C(NC3CCCCC3[N+](=O)[O-])N(C3NNC(OC)S3)C3CCC(OC)CC23)CC1. The van der Waals surface area contributed by atoms with Gasteiger partial charge >= 0.3 is 0 Å². The Hall–Kier alpha value is -1.11. The molecule has 0 aromatic heterocycles. The first-order valence-corrected chi connectivity index (χ1v) is 14.7. The van der Waals surface area contributed by atoms with Gasteiger partial charge in [0.15, 0.2) is 5.56 Å². The minimum absolute atomic E-state index is 0.00509. The van der Waals surface area contributed by atoms with Crippen molar-refractivity contribution in [2.75, 3.05) is 21.3 Å². The van der Waals surface area contributed by atoms with Crippen LogP contribution in [0.1, 0.15) is 70.6 Å². The third-order valence-corrected chi connectivity index (χ3v) is 10.4. The van der Waals surface area contributed by atoms with Crippen molar-refractivity contribution in [2.24, 2.45) is 11.8 Å². The van der Waals surface area contributed by atoms with E-state index in [2.05, 4.69) is 21.1 Å². The normalized spacial score (nSPS) is 41.4. The Bertz CT molecular complexity index is 810. The van der Waals surface area contributed by atoms with E-state index < -0.39 is 6.04 Å². The maximum atomic E-state index is 12.0. The summed E-state index contributed by atoms with van der Waals surface area (Å²) in [5.41, 5.74) is 8.05. The maximum absolute atomic E-state index is 12.0. The van der Waals surface area contributed by atoms with Crippen LogP contribution in [0.3, 0.4) is 0 Å². The van der Waals surface area contributed by atoms with Crippen LogP contribution in [0.25, 0.3) is 0 Å². The predicted molar refractivity (Wildman–Crippen MR) is 138 cm³/mol. The van der Waals surface area contributed by atoms with E-state index in [1.54, 1.807) is 18.9 Å². The third-order valence-electron chi connectivity index (χ3n) is 9.20. The summed E-state index contributed by atoms with van der Waals surface area (Å²) in [6, 6.07) is -0.344. The molecule has 36 heavy (non-hydrogen) atoms. The fraction of sp³-hybridized carbons (Fsp3) is 0.920. The molecule has 11 heteroatoms. The molecule has 0 bridgehead atoms. The molecule has 4 fully saturated rings. The molecule has 5 rings (SSSR count). The summed E-state index contributed by atoms with van der Waals surface area (Å²) >= 11 is 1.72. The van der Waals surface area contributed by atoms with Gasteiger partial charge in [-0.2, -0.15) is 0 Å². The summed E-state index contributed by atoms with van der Waals surface area (Å²) in [5, 5.41) is 15.8. The number of nitrogens with zero attached hydrogens (tertiary/aromatic N) is 2. The van der Waals surface area contributed by atoms with Gasteiger partial charge in [0.05, 0.1) is 18.2 Å². The monoisotopic (exact) mass is 525 g/mol. The first-order valence-electron chi connectivity index (χ1n) is 13.7. The molecule has 5 aliphatic rings. The number of methoxy groups -OCH3 is 3. The first kappa shape index (κ1) is 26.5. The van der Waals surface area contributed by atoms with Gasteiger partial charge in [0.2, 0.25) is 6.04 Å². The van der Waals surface area contributed by atoms with Crippen LogP contribution in [0, 0.1) is 22.0 Å². The van der Waals surface area contributed by atoms with Crippen molar-refractivity contribution in [2.45, 2.75) is 112 Å². The second-order valence-corrected chi connectivity index (χ2v) is 12.1. The van der Waals surface area contributed by atoms with Crippen LogP contribution >= 0.6 is 11.8 Å². The molecule has 1 saturated heterocycles. The molecular formula is C25H43N5O5S. The van der Waals surface area contributed by atoms with Gasteiger partial charge in [-0.1, -0.05) is 18.2 Å². The van der Waals surface area contributed by atoms with E-state index in [9.17, 15) is 10.1 Å². The van der Waals surface area contributed by atoms with Crippen LogP contribution in [-0.4, -0.2) is 72.5 Å². The first-order chi connectivity index (χ1) is 17.5. The second-order valence-electron chi connectivity index (χ2n) is 11.0. The Morgan fingerprint density at radius 2 is 1.67 bits per heavy atom. The van der Waals surface area contributed by atoms with E-state index in [1.165, 1.54) is 5.57 Å². The summed E-state index contributed by atoms with van der Waals surface area (Å²) in [5.74, 6) is 1.99.